The van der Waals surface area contributed by atoms with Gasteiger partial charge in [0.05, 0.1) is 4.75 Å². The summed E-state index contributed by atoms with van der Waals surface area (Å²) in [7, 11) is 0. The number of thioether (sulfide) groups is 1. The molecule has 1 heteroatoms. The molecule has 0 fully saturated rings. The van der Waals surface area contributed by atoms with Gasteiger partial charge in [0.1, 0.15) is 0 Å². The van der Waals surface area contributed by atoms with Crippen LogP contribution >= 0.6 is 11.8 Å². The quantitative estimate of drug-likeness (QED) is 0.543. The summed E-state index contributed by atoms with van der Waals surface area (Å²) < 4.78 is 0.163. The van der Waals surface area contributed by atoms with Gasteiger partial charge in [-0.25, -0.2) is 0 Å². The SMILES string of the molecule is CCCSC1(C(C)(C)C2=CCC=C2)CC=CC=C1C(C)(C)C. The van der Waals surface area contributed by atoms with Crippen molar-refractivity contribution in [3.63, 3.8) is 0 Å². The van der Waals surface area contributed by atoms with Gasteiger partial charge in [-0.1, -0.05) is 78.0 Å². The normalized spacial score (nSPS) is 25.4. The van der Waals surface area contributed by atoms with Crippen LogP contribution in [0.15, 0.2) is 47.6 Å². The van der Waals surface area contributed by atoms with Crippen molar-refractivity contribution < 1.29 is 0 Å². The fourth-order valence-electron chi connectivity index (χ4n) is 3.84. The van der Waals surface area contributed by atoms with Crippen molar-refractivity contribution in [2.45, 2.75) is 65.6 Å². The number of hydrogen-bond donors (Lipinski definition) is 0. The molecule has 0 aliphatic heterocycles. The Hall–Kier alpha value is -0.690. The highest BCUT2D eigenvalue weighted by Crippen LogP contribution is 2.59. The molecule has 0 aromatic carbocycles. The van der Waals surface area contributed by atoms with Crippen molar-refractivity contribution in [2.24, 2.45) is 10.8 Å². The van der Waals surface area contributed by atoms with Gasteiger partial charge >= 0.3 is 0 Å². The average Bonchev–Trinajstić information content (AvgIpc) is 2.99. The molecule has 2 rings (SSSR count). The molecule has 2 aliphatic rings. The maximum absolute atomic E-state index is 2.45. The van der Waals surface area contributed by atoms with E-state index in [2.05, 4.69) is 89.8 Å². The molecule has 0 aromatic rings. The van der Waals surface area contributed by atoms with Gasteiger partial charge in [0.25, 0.3) is 0 Å². The molecule has 0 radical (unpaired) electrons. The summed E-state index contributed by atoms with van der Waals surface area (Å²) >= 11 is 2.18. The molecule has 1 atom stereocenters. The summed E-state index contributed by atoms with van der Waals surface area (Å²) in [6.45, 7) is 14.3. The van der Waals surface area contributed by atoms with E-state index < -0.39 is 0 Å². The van der Waals surface area contributed by atoms with Gasteiger partial charge in [-0.2, -0.15) is 0 Å². The van der Waals surface area contributed by atoms with Gasteiger partial charge < -0.3 is 0 Å². The standard InChI is InChI=1S/C21H32S/c1-7-16-22-21(20(5,6)17-12-8-9-13-17)15-11-10-14-18(21)19(2,3)4/h8,10-14H,7,9,15-16H2,1-6H3. The Balaban J connectivity index is 2.54. The van der Waals surface area contributed by atoms with Gasteiger partial charge in [0, 0.05) is 5.41 Å². The second-order valence-electron chi connectivity index (χ2n) is 8.06. The zero-order valence-electron chi connectivity index (χ0n) is 15.2. The maximum Gasteiger partial charge on any atom is 0.0501 e. The third kappa shape index (κ3) is 3.02. The molecule has 0 aromatic heterocycles. The number of allylic oxidation sites excluding steroid dienone is 7. The van der Waals surface area contributed by atoms with Gasteiger partial charge in [0.15, 0.2) is 0 Å². The van der Waals surface area contributed by atoms with Crippen LogP contribution in [-0.4, -0.2) is 10.5 Å². The summed E-state index contributed by atoms with van der Waals surface area (Å²) in [6.07, 6.45) is 17.6. The lowest BCUT2D eigenvalue weighted by Gasteiger charge is -2.53. The van der Waals surface area contributed by atoms with Crippen LogP contribution in [0.1, 0.15) is 60.8 Å². The van der Waals surface area contributed by atoms with E-state index in [1.807, 2.05) is 0 Å². The molecule has 0 N–H and O–H groups in total. The van der Waals surface area contributed by atoms with Crippen LogP contribution in [0.3, 0.4) is 0 Å². The molecule has 0 spiro atoms. The fraction of sp³-hybridized carbons (Fsp3) is 0.619. The van der Waals surface area contributed by atoms with E-state index in [-0.39, 0.29) is 15.6 Å². The van der Waals surface area contributed by atoms with E-state index in [1.54, 1.807) is 5.57 Å². The molecule has 0 amide bonds. The summed E-state index contributed by atoms with van der Waals surface area (Å²) in [5, 5.41) is 0. The molecule has 0 heterocycles. The van der Waals surface area contributed by atoms with Crippen molar-refractivity contribution in [2.75, 3.05) is 5.75 Å². The van der Waals surface area contributed by atoms with Crippen LogP contribution < -0.4 is 0 Å². The fourth-order valence-corrected chi connectivity index (χ4v) is 5.61. The average molecular weight is 317 g/mol. The Morgan fingerprint density at radius 3 is 2.41 bits per heavy atom. The Bertz CT molecular complexity index is 523. The van der Waals surface area contributed by atoms with Gasteiger partial charge in [-0.05, 0) is 41.6 Å². The highest BCUT2D eigenvalue weighted by molar-refractivity contribution is 8.00. The largest absolute Gasteiger partial charge is 0.149 e. The second kappa shape index (κ2) is 6.43. The first-order valence-electron chi connectivity index (χ1n) is 8.64. The van der Waals surface area contributed by atoms with Gasteiger partial charge in [0.2, 0.25) is 0 Å². The van der Waals surface area contributed by atoms with E-state index in [4.69, 9.17) is 0 Å². The molecular weight excluding hydrogens is 284 g/mol. The molecule has 1 unspecified atom stereocenters. The van der Waals surface area contributed by atoms with E-state index >= 15 is 0 Å². The molecule has 22 heavy (non-hydrogen) atoms. The Kier molecular flexibility index (Phi) is 5.16. The molecule has 0 saturated heterocycles. The lowest BCUT2D eigenvalue weighted by molar-refractivity contribution is 0.301. The first kappa shape index (κ1) is 17.7. The molecule has 2 aliphatic carbocycles. The van der Waals surface area contributed by atoms with E-state index in [1.165, 1.54) is 17.7 Å². The second-order valence-corrected chi connectivity index (χ2v) is 9.45. The summed E-state index contributed by atoms with van der Waals surface area (Å²) in [4.78, 5) is 0. The minimum atomic E-state index is 0.143. The highest BCUT2D eigenvalue weighted by Gasteiger charge is 2.51. The van der Waals surface area contributed by atoms with Crippen molar-refractivity contribution in [3.8, 4) is 0 Å². The van der Waals surface area contributed by atoms with E-state index in [0.29, 0.717) is 0 Å². The Morgan fingerprint density at radius 2 is 1.86 bits per heavy atom. The first-order valence-corrected chi connectivity index (χ1v) is 9.63. The predicted molar refractivity (Wildman–Crippen MR) is 102 cm³/mol. The molecule has 122 valence electrons. The minimum Gasteiger partial charge on any atom is -0.149 e. The van der Waals surface area contributed by atoms with Crippen molar-refractivity contribution in [1.82, 2.24) is 0 Å². The molecule has 0 saturated carbocycles. The van der Waals surface area contributed by atoms with Crippen LogP contribution in [0, 0.1) is 10.8 Å². The van der Waals surface area contributed by atoms with Crippen LogP contribution in [0.5, 0.6) is 0 Å². The Labute approximate surface area is 141 Å². The van der Waals surface area contributed by atoms with Crippen LogP contribution in [-0.2, 0) is 0 Å². The number of hydrogen-bond acceptors (Lipinski definition) is 1. The Morgan fingerprint density at radius 1 is 1.14 bits per heavy atom. The van der Waals surface area contributed by atoms with Crippen molar-refractivity contribution in [3.05, 3.63) is 47.6 Å². The van der Waals surface area contributed by atoms with Gasteiger partial charge in [-0.3, -0.25) is 0 Å². The minimum absolute atomic E-state index is 0.143. The topological polar surface area (TPSA) is 0 Å². The predicted octanol–water partition coefficient (Wildman–Crippen LogP) is 6.71. The highest BCUT2D eigenvalue weighted by atomic mass is 32.2. The molecular formula is C21H32S. The first-order chi connectivity index (χ1) is 10.3. The number of rotatable bonds is 5. The monoisotopic (exact) mass is 316 g/mol. The lowest BCUT2D eigenvalue weighted by Crippen LogP contribution is -2.48. The van der Waals surface area contributed by atoms with Crippen LogP contribution in [0.2, 0.25) is 0 Å². The van der Waals surface area contributed by atoms with E-state index in [0.717, 1.165) is 12.8 Å². The molecule has 0 bridgehead atoms. The van der Waals surface area contributed by atoms with Crippen molar-refractivity contribution in [1.29, 1.82) is 0 Å². The molecule has 0 nitrogen and oxygen atoms in total. The summed E-state index contributed by atoms with van der Waals surface area (Å²) in [6, 6.07) is 0. The maximum atomic E-state index is 2.45. The third-order valence-electron chi connectivity index (χ3n) is 5.10. The summed E-state index contributed by atoms with van der Waals surface area (Å²) in [5.41, 5.74) is 3.46. The van der Waals surface area contributed by atoms with E-state index in [9.17, 15) is 0 Å². The van der Waals surface area contributed by atoms with Gasteiger partial charge in [-0.15, -0.1) is 11.8 Å². The summed E-state index contributed by atoms with van der Waals surface area (Å²) in [5.74, 6) is 1.22. The van der Waals surface area contributed by atoms with Crippen molar-refractivity contribution >= 4 is 11.8 Å². The van der Waals surface area contributed by atoms with Crippen LogP contribution in [0.4, 0.5) is 0 Å². The zero-order valence-corrected chi connectivity index (χ0v) is 16.0. The lowest BCUT2D eigenvalue weighted by atomic mass is 9.61. The zero-order chi connectivity index (χ0) is 16.4. The van der Waals surface area contributed by atoms with Crippen LogP contribution in [0.25, 0.3) is 0 Å². The third-order valence-corrected chi connectivity index (χ3v) is 7.10. The smallest absolute Gasteiger partial charge is 0.0501 e.